The molecule has 0 aliphatic rings. The number of ketones is 1. The van der Waals surface area contributed by atoms with Crippen LogP contribution in [0.25, 0.3) is 22.2 Å². The summed E-state index contributed by atoms with van der Waals surface area (Å²) < 4.78 is 4.06. The minimum atomic E-state index is 0.0490. The first-order valence-electron chi connectivity index (χ1n) is 11.3. The number of likely N-dealkylation sites (N-methyl/N-ethyl adjacent to an activating group) is 1. The monoisotopic (exact) mass is 427 g/mol. The molecular weight excluding hydrogens is 396 g/mol. The SMILES string of the molecule is CCN(CC)CCn1c(N)[n+](CC(=O)c2ccc(-c3ccccc3)cc2)c2ccccc21. The molecule has 5 nitrogen and oxygen atoms in total. The van der Waals surface area contributed by atoms with Gasteiger partial charge in [0.1, 0.15) is 17.6 Å². The summed E-state index contributed by atoms with van der Waals surface area (Å²) in [5.41, 5.74) is 11.5. The van der Waals surface area contributed by atoms with Crippen molar-refractivity contribution in [3.63, 3.8) is 0 Å². The van der Waals surface area contributed by atoms with Crippen molar-refractivity contribution in [3.05, 3.63) is 84.4 Å². The van der Waals surface area contributed by atoms with Gasteiger partial charge < -0.3 is 4.90 Å². The van der Waals surface area contributed by atoms with Crippen molar-refractivity contribution >= 4 is 22.8 Å². The number of fused-ring (bicyclic) bond motifs is 1. The summed E-state index contributed by atoms with van der Waals surface area (Å²) in [5, 5.41) is 0. The number of hydrogen-bond donors (Lipinski definition) is 1. The molecular formula is C27H31N4O+. The molecule has 0 radical (unpaired) electrons. The lowest BCUT2D eigenvalue weighted by Gasteiger charge is -2.17. The summed E-state index contributed by atoms with van der Waals surface area (Å²) in [6, 6.07) is 26.1. The third kappa shape index (κ3) is 4.43. The summed E-state index contributed by atoms with van der Waals surface area (Å²) in [5.74, 6) is 0.667. The number of nitrogens with two attached hydrogens (primary N) is 1. The predicted octanol–water partition coefficient (Wildman–Crippen LogP) is 4.40. The number of rotatable bonds is 9. The van der Waals surface area contributed by atoms with E-state index in [1.165, 1.54) is 0 Å². The fraction of sp³-hybridized carbons (Fsp3) is 0.259. The summed E-state index contributed by atoms with van der Waals surface area (Å²) >= 11 is 0. The molecule has 1 aromatic heterocycles. The van der Waals surface area contributed by atoms with Crippen LogP contribution in [-0.4, -0.2) is 34.9 Å². The molecule has 164 valence electrons. The number of nitrogens with zero attached hydrogens (tertiary/aromatic N) is 3. The van der Waals surface area contributed by atoms with Gasteiger partial charge in [-0.3, -0.25) is 10.5 Å². The smallest absolute Gasteiger partial charge is 0.301 e. The number of para-hydroxylation sites is 2. The third-order valence-corrected chi connectivity index (χ3v) is 6.17. The van der Waals surface area contributed by atoms with Gasteiger partial charge in [0.25, 0.3) is 0 Å². The van der Waals surface area contributed by atoms with Gasteiger partial charge >= 0.3 is 5.95 Å². The molecule has 0 saturated heterocycles. The van der Waals surface area contributed by atoms with E-state index in [2.05, 4.69) is 41.5 Å². The van der Waals surface area contributed by atoms with E-state index in [1.54, 1.807) is 0 Å². The van der Waals surface area contributed by atoms with Crippen LogP contribution in [0.1, 0.15) is 24.2 Å². The molecule has 0 atom stereocenters. The van der Waals surface area contributed by atoms with Gasteiger partial charge in [0.2, 0.25) is 0 Å². The molecule has 0 unspecified atom stereocenters. The number of nitrogen functional groups attached to an aromatic ring is 1. The molecule has 4 rings (SSSR count). The minimum Gasteiger partial charge on any atom is -0.301 e. The van der Waals surface area contributed by atoms with Gasteiger partial charge in [0.05, 0.1) is 6.54 Å². The predicted molar refractivity (Wildman–Crippen MR) is 131 cm³/mol. The fourth-order valence-electron chi connectivity index (χ4n) is 4.21. The van der Waals surface area contributed by atoms with E-state index in [9.17, 15) is 4.79 Å². The molecule has 1 heterocycles. The van der Waals surface area contributed by atoms with Gasteiger partial charge in [-0.25, -0.2) is 9.13 Å². The van der Waals surface area contributed by atoms with E-state index >= 15 is 0 Å². The van der Waals surface area contributed by atoms with Crippen molar-refractivity contribution in [1.82, 2.24) is 9.47 Å². The van der Waals surface area contributed by atoms with Crippen molar-refractivity contribution < 1.29 is 9.36 Å². The zero-order chi connectivity index (χ0) is 22.5. The van der Waals surface area contributed by atoms with Gasteiger partial charge in [-0.1, -0.05) is 80.6 Å². The van der Waals surface area contributed by atoms with Crippen LogP contribution in [0.4, 0.5) is 5.95 Å². The summed E-state index contributed by atoms with van der Waals surface area (Å²) in [6.45, 7) is 8.28. The van der Waals surface area contributed by atoms with Crippen molar-refractivity contribution in [1.29, 1.82) is 0 Å². The molecule has 0 spiro atoms. The Labute approximate surface area is 189 Å². The summed E-state index contributed by atoms with van der Waals surface area (Å²) in [7, 11) is 0. The minimum absolute atomic E-state index is 0.0490. The van der Waals surface area contributed by atoms with Crippen LogP contribution >= 0.6 is 0 Å². The Bertz CT molecular complexity index is 1190. The van der Waals surface area contributed by atoms with Crippen LogP contribution in [0.3, 0.4) is 0 Å². The Morgan fingerprint density at radius 3 is 2.19 bits per heavy atom. The molecule has 5 heteroatoms. The second-order valence-corrected chi connectivity index (χ2v) is 7.98. The Morgan fingerprint density at radius 2 is 1.50 bits per heavy atom. The van der Waals surface area contributed by atoms with E-state index < -0.39 is 0 Å². The Hall–Kier alpha value is -3.44. The van der Waals surface area contributed by atoms with Crippen molar-refractivity contribution in [3.8, 4) is 11.1 Å². The lowest BCUT2D eigenvalue weighted by atomic mass is 10.0. The highest BCUT2D eigenvalue weighted by molar-refractivity contribution is 5.95. The van der Waals surface area contributed by atoms with Crippen LogP contribution in [-0.2, 0) is 13.1 Å². The highest BCUT2D eigenvalue weighted by atomic mass is 16.1. The number of benzene rings is 3. The van der Waals surface area contributed by atoms with Crippen molar-refractivity contribution in [2.24, 2.45) is 0 Å². The van der Waals surface area contributed by atoms with Crippen LogP contribution in [0, 0.1) is 0 Å². The zero-order valence-electron chi connectivity index (χ0n) is 18.9. The van der Waals surface area contributed by atoms with E-state index in [0.717, 1.165) is 48.3 Å². The van der Waals surface area contributed by atoms with Crippen LogP contribution < -0.4 is 10.3 Å². The normalized spacial score (nSPS) is 11.3. The summed E-state index contributed by atoms with van der Waals surface area (Å²) in [4.78, 5) is 15.5. The first-order chi connectivity index (χ1) is 15.6. The van der Waals surface area contributed by atoms with Gasteiger partial charge in [0, 0.05) is 12.1 Å². The first-order valence-corrected chi connectivity index (χ1v) is 11.3. The van der Waals surface area contributed by atoms with Crippen LogP contribution in [0.2, 0.25) is 0 Å². The Morgan fingerprint density at radius 1 is 0.875 bits per heavy atom. The Kier molecular flexibility index (Phi) is 6.66. The van der Waals surface area contributed by atoms with E-state index in [-0.39, 0.29) is 12.3 Å². The van der Waals surface area contributed by atoms with Gasteiger partial charge in [0.15, 0.2) is 5.78 Å². The largest absolute Gasteiger partial charge is 0.356 e. The molecule has 0 aliphatic carbocycles. The fourth-order valence-corrected chi connectivity index (χ4v) is 4.21. The lowest BCUT2D eigenvalue weighted by Crippen LogP contribution is -2.40. The average molecular weight is 428 g/mol. The average Bonchev–Trinajstić information content (AvgIpc) is 3.11. The molecule has 0 saturated carbocycles. The molecule has 0 aliphatic heterocycles. The maximum Gasteiger partial charge on any atom is 0.356 e. The molecule has 0 bridgehead atoms. The van der Waals surface area contributed by atoms with Crippen molar-refractivity contribution in [2.75, 3.05) is 25.4 Å². The molecule has 4 aromatic rings. The standard InChI is InChI=1S/C27H30N4O/c1-3-29(4-2)18-19-30-24-12-8-9-13-25(24)31(27(30)28)20-26(32)23-16-14-22(15-17-23)21-10-6-5-7-11-21/h5-17,28H,3-4,18-20H2,1-2H3/p+1. The number of imidazole rings is 1. The second-order valence-electron chi connectivity index (χ2n) is 7.98. The molecule has 32 heavy (non-hydrogen) atoms. The zero-order valence-corrected chi connectivity index (χ0v) is 18.9. The van der Waals surface area contributed by atoms with Gasteiger partial charge in [-0.2, -0.15) is 0 Å². The number of carbonyl (C=O) groups is 1. The maximum atomic E-state index is 13.1. The van der Waals surface area contributed by atoms with E-state index in [4.69, 9.17) is 5.73 Å². The third-order valence-electron chi connectivity index (χ3n) is 6.17. The van der Waals surface area contributed by atoms with Gasteiger partial charge in [-0.05, 0) is 36.3 Å². The molecule has 0 fully saturated rings. The van der Waals surface area contributed by atoms with Crippen LogP contribution in [0.5, 0.6) is 0 Å². The summed E-state index contributed by atoms with van der Waals surface area (Å²) in [6.07, 6.45) is 0. The lowest BCUT2D eigenvalue weighted by molar-refractivity contribution is -0.642. The van der Waals surface area contributed by atoms with E-state index in [1.807, 2.05) is 65.2 Å². The quantitative estimate of drug-likeness (QED) is 0.318. The maximum absolute atomic E-state index is 13.1. The topological polar surface area (TPSA) is 55.1 Å². The number of Topliss-reactive ketones (excluding diaryl/α,β-unsaturated/α-hetero) is 1. The number of carbonyl (C=O) groups excluding carboxylic acids is 1. The van der Waals surface area contributed by atoms with Gasteiger partial charge in [-0.15, -0.1) is 0 Å². The number of anilines is 1. The second kappa shape index (κ2) is 9.79. The van der Waals surface area contributed by atoms with Crippen LogP contribution in [0.15, 0.2) is 78.9 Å². The van der Waals surface area contributed by atoms with Crippen molar-refractivity contribution in [2.45, 2.75) is 26.9 Å². The number of hydrogen-bond acceptors (Lipinski definition) is 3. The highest BCUT2D eigenvalue weighted by Gasteiger charge is 2.23. The first kappa shape index (κ1) is 21.8. The highest BCUT2D eigenvalue weighted by Crippen LogP contribution is 2.20. The number of aromatic nitrogens is 2. The Balaban J connectivity index is 1.58. The molecule has 3 aromatic carbocycles. The molecule has 2 N–H and O–H groups in total. The van der Waals surface area contributed by atoms with E-state index in [0.29, 0.717) is 11.5 Å². The molecule has 0 amide bonds.